The van der Waals surface area contributed by atoms with Gasteiger partial charge < -0.3 is 4.57 Å². The van der Waals surface area contributed by atoms with Gasteiger partial charge in [0.2, 0.25) is 0 Å². The van der Waals surface area contributed by atoms with E-state index in [1.54, 1.807) is 0 Å². The molecule has 0 bridgehead atoms. The lowest BCUT2D eigenvalue weighted by molar-refractivity contribution is -0.290. The number of alkyl halides is 8. The van der Waals surface area contributed by atoms with E-state index >= 15 is 0 Å². The Morgan fingerprint density at radius 3 is 2.24 bits per heavy atom. The fourth-order valence-corrected chi connectivity index (χ4v) is 7.33. The smallest absolute Gasteiger partial charge is 0.325 e. The number of nitrogens with zero attached hydrogens (tertiary/aromatic N) is 4. The SMILES string of the molecule is CCS(=O)(=O)c1c(-c2nc3cc(C(F)(F)C(F)(F)F)ncc3n2C)sc2nc(C(F)(F)F)sc12. The molecule has 4 rings (SSSR count). The van der Waals surface area contributed by atoms with Crippen molar-refractivity contribution in [3.8, 4) is 10.7 Å². The number of aromatic nitrogens is 4. The van der Waals surface area contributed by atoms with E-state index in [0.717, 1.165) is 6.20 Å². The molecule has 0 amide bonds. The van der Waals surface area contributed by atoms with Crippen LogP contribution < -0.4 is 0 Å². The number of imidazole rings is 1. The highest BCUT2D eigenvalue weighted by Crippen LogP contribution is 2.47. The van der Waals surface area contributed by atoms with E-state index in [1.165, 1.54) is 18.5 Å². The Hall–Kier alpha value is -2.40. The second-order valence-corrected chi connectivity index (χ2v) is 11.2. The number of thiazole rings is 1. The number of hydrogen-bond donors (Lipinski definition) is 0. The van der Waals surface area contributed by atoms with Gasteiger partial charge in [-0.3, -0.25) is 4.98 Å². The van der Waals surface area contributed by atoms with Crippen molar-refractivity contribution >= 4 is 53.1 Å². The van der Waals surface area contributed by atoms with Crippen molar-refractivity contribution < 1.29 is 43.5 Å². The molecule has 4 aromatic heterocycles. The van der Waals surface area contributed by atoms with Gasteiger partial charge in [-0.05, 0) is 6.07 Å². The third kappa shape index (κ3) is 3.73. The van der Waals surface area contributed by atoms with Gasteiger partial charge in [-0.2, -0.15) is 35.1 Å². The molecule has 0 unspecified atom stereocenters. The van der Waals surface area contributed by atoms with Crippen LogP contribution in [-0.2, 0) is 29.0 Å². The average molecular weight is 550 g/mol. The number of halogens is 8. The normalized spacial score (nSPS) is 13.9. The van der Waals surface area contributed by atoms with Gasteiger partial charge >= 0.3 is 18.3 Å². The third-order valence-electron chi connectivity index (χ3n) is 4.79. The summed E-state index contributed by atoms with van der Waals surface area (Å²) in [5.74, 6) is -5.91. The summed E-state index contributed by atoms with van der Waals surface area (Å²) in [7, 11) is -2.79. The largest absolute Gasteiger partial charge is 0.459 e. The molecule has 0 aliphatic heterocycles. The van der Waals surface area contributed by atoms with Gasteiger partial charge in [-0.15, -0.1) is 22.7 Å². The molecule has 0 saturated heterocycles. The first-order chi connectivity index (χ1) is 15.5. The van der Waals surface area contributed by atoms with E-state index in [4.69, 9.17) is 0 Å². The van der Waals surface area contributed by atoms with Gasteiger partial charge in [0.15, 0.2) is 20.7 Å². The molecule has 0 fully saturated rings. The predicted octanol–water partition coefficient (Wildman–Crippen LogP) is 5.77. The van der Waals surface area contributed by atoms with Gasteiger partial charge in [0.25, 0.3) is 0 Å². The summed E-state index contributed by atoms with van der Waals surface area (Å²) >= 11 is 0.719. The number of hydrogen-bond acceptors (Lipinski definition) is 7. The highest BCUT2D eigenvalue weighted by Gasteiger charge is 2.60. The Balaban J connectivity index is 1.98. The Kier molecular flexibility index (Phi) is 5.49. The molecular formula is C17H10F8N4O2S3. The van der Waals surface area contributed by atoms with Crippen molar-refractivity contribution in [2.24, 2.45) is 7.05 Å². The molecule has 0 spiro atoms. The summed E-state index contributed by atoms with van der Waals surface area (Å²) < 4.78 is 131. The van der Waals surface area contributed by atoms with Crippen LogP contribution in [0.25, 0.3) is 31.3 Å². The molecule has 0 saturated carbocycles. The van der Waals surface area contributed by atoms with Crippen LogP contribution in [0.4, 0.5) is 35.1 Å². The van der Waals surface area contributed by atoms with Crippen LogP contribution in [0.1, 0.15) is 17.6 Å². The molecule has 0 atom stereocenters. The Labute approximate surface area is 192 Å². The Morgan fingerprint density at radius 2 is 1.68 bits per heavy atom. The fourth-order valence-electron chi connectivity index (χ4n) is 3.07. The van der Waals surface area contributed by atoms with Crippen molar-refractivity contribution in [1.82, 2.24) is 19.5 Å². The van der Waals surface area contributed by atoms with E-state index in [0.29, 0.717) is 17.4 Å². The third-order valence-corrected chi connectivity index (χ3v) is 9.16. The molecular weight excluding hydrogens is 540 g/mol. The topological polar surface area (TPSA) is 77.7 Å². The summed E-state index contributed by atoms with van der Waals surface area (Å²) in [5.41, 5.74) is -1.95. The van der Waals surface area contributed by atoms with E-state index in [-0.39, 0.29) is 42.6 Å². The lowest BCUT2D eigenvalue weighted by Crippen LogP contribution is -2.34. The molecule has 34 heavy (non-hydrogen) atoms. The van der Waals surface area contributed by atoms with Crippen LogP contribution in [0.5, 0.6) is 0 Å². The molecule has 17 heteroatoms. The zero-order valence-electron chi connectivity index (χ0n) is 16.7. The first kappa shape index (κ1) is 24.7. The molecule has 0 aromatic carbocycles. The van der Waals surface area contributed by atoms with Crippen molar-refractivity contribution in [1.29, 1.82) is 0 Å². The molecule has 6 nitrogen and oxygen atoms in total. The second kappa shape index (κ2) is 7.55. The highest BCUT2D eigenvalue weighted by atomic mass is 32.2. The minimum Gasteiger partial charge on any atom is -0.325 e. The zero-order valence-corrected chi connectivity index (χ0v) is 19.2. The number of thiophene rings is 1. The van der Waals surface area contributed by atoms with Crippen molar-refractivity contribution in [3.63, 3.8) is 0 Å². The van der Waals surface area contributed by atoms with Crippen LogP contribution in [-0.4, -0.2) is 39.9 Å². The molecule has 184 valence electrons. The van der Waals surface area contributed by atoms with E-state index in [2.05, 4.69) is 15.0 Å². The van der Waals surface area contributed by atoms with Gasteiger partial charge in [0.05, 0.1) is 32.6 Å². The summed E-state index contributed by atoms with van der Waals surface area (Å²) in [6.45, 7) is 1.28. The summed E-state index contributed by atoms with van der Waals surface area (Å²) in [5, 5.41) is -1.25. The predicted molar refractivity (Wildman–Crippen MR) is 108 cm³/mol. The van der Waals surface area contributed by atoms with Gasteiger partial charge in [0, 0.05) is 7.05 Å². The number of pyridine rings is 1. The number of aryl methyl sites for hydroxylation is 1. The van der Waals surface area contributed by atoms with Crippen LogP contribution in [0.3, 0.4) is 0 Å². The van der Waals surface area contributed by atoms with Crippen LogP contribution >= 0.6 is 22.7 Å². The molecule has 0 radical (unpaired) electrons. The maximum Gasteiger partial charge on any atom is 0.459 e. The minimum atomic E-state index is -5.91. The summed E-state index contributed by atoms with van der Waals surface area (Å²) in [4.78, 5) is 9.87. The summed E-state index contributed by atoms with van der Waals surface area (Å²) in [6, 6.07) is 0.427. The first-order valence-corrected chi connectivity index (χ1v) is 12.3. The van der Waals surface area contributed by atoms with Crippen molar-refractivity contribution in [3.05, 3.63) is 23.0 Å². The van der Waals surface area contributed by atoms with Gasteiger partial charge in [-0.1, -0.05) is 6.92 Å². The molecule has 0 aliphatic rings. The highest BCUT2D eigenvalue weighted by molar-refractivity contribution is 7.92. The first-order valence-electron chi connectivity index (χ1n) is 9.00. The summed E-state index contributed by atoms with van der Waals surface area (Å²) in [6.07, 6.45) is -9.99. The monoisotopic (exact) mass is 550 g/mol. The maximum absolute atomic E-state index is 13.7. The van der Waals surface area contributed by atoms with Gasteiger partial charge in [-0.25, -0.2) is 18.4 Å². The molecule has 4 heterocycles. The van der Waals surface area contributed by atoms with Crippen LogP contribution in [0.15, 0.2) is 17.2 Å². The van der Waals surface area contributed by atoms with Crippen LogP contribution in [0.2, 0.25) is 0 Å². The standard InChI is InChI=1S/C17H10F8N4O2S3/c1-3-34(30,31)11-9(32-13-10(11)33-14(28-13)16(20,21)22)12-27-6-4-8(15(18,19)17(23,24)25)26-5-7(6)29(12)2/h4-5H,3H2,1-2H3. The number of rotatable bonds is 4. The molecule has 4 aromatic rings. The lowest BCUT2D eigenvalue weighted by Gasteiger charge is -2.18. The van der Waals surface area contributed by atoms with Crippen LogP contribution in [0, 0.1) is 0 Å². The Morgan fingerprint density at radius 1 is 1.03 bits per heavy atom. The Bertz CT molecular complexity index is 1530. The van der Waals surface area contributed by atoms with E-state index < -0.39 is 49.5 Å². The molecule has 0 aliphatic carbocycles. The maximum atomic E-state index is 13.7. The average Bonchev–Trinajstić information content (AvgIpc) is 3.37. The minimum absolute atomic E-state index is 0.00253. The quantitative estimate of drug-likeness (QED) is 0.302. The molecule has 0 N–H and O–H groups in total. The van der Waals surface area contributed by atoms with E-state index in [1.807, 2.05) is 0 Å². The van der Waals surface area contributed by atoms with Crippen molar-refractivity contribution in [2.75, 3.05) is 5.75 Å². The number of fused-ring (bicyclic) bond motifs is 2. The zero-order chi connectivity index (χ0) is 25.4. The lowest BCUT2D eigenvalue weighted by atomic mass is 10.2. The van der Waals surface area contributed by atoms with E-state index in [9.17, 15) is 43.5 Å². The number of sulfone groups is 1. The van der Waals surface area contributed by atoms with Crippen molar-refractivity contribution in [2.45, 2.75) is 30.1 Å². The van der Waals surface area contributed by atoms with Gasteiger partial charge in [0.1, 0.15) is 15.4 Å². The second-order valence-electron chi connectivity index (χ2n) is 6.94. The fraction of sp³-hybridized carbons (Fsp3) is 0.353.